The molecule has 0 radical (unpaired) electrons. The van der Waals surface area contributed by atoms with Crippen LogP contribution < -0.4 is 4.90 Å². The molecule has 2 amide bonds. The second-order valence-electron chi connectivity index (χ2n) is 6.82. The molecule has 4 nitrogen and oxygen atoms in total. The van der Waals surface area contributed by atoms with Crippen LogP contribution in [0.4, 0.5) is 10.1 Å². The molecule has 1 aromatic heterocycles. The molecule has 134 valence electrons. The number of imide groups is 1. The second-order valence-corrected chi connectivity index (χ2v) is 7.76. The molecule has 0 spiro atoms. The number of rotatable bonds is 3. The molecule has 1 fully saturated rings. The van der Waals surface area contributed by atoms with Gasteiger partial charge in [0.05, 0.1) is 11.3 Å². The van der Waals surface area contributed by atoms with Crippen LogP contribution in [-0.2, 0) is 9.59 Å². The number of hydrogen-bond acceptors (Lipinski definition) is 4. The van der Waals surface area contributed by atoms with Gasteiger partial charge in [-0.3, -0.25) is 9.59 Å². The van der Waals surface area contributed by atoms with Crippen LogP contribution in [0.15, 0.2) is 47.5 Å². The van der Waals surface area contributed by atoms with Crippen molar-refractivity contribution < 1.29 is 14.0 Å². The highest BCUT2D eigenvalue weighted by atomic mass is 32.1. The van der Waals surface area contributed by atoms with Crippen LogP contribution in [0.3, 0.4) is 0 Å². The van der Waals surface area contributed by atoms with E-state index in [0.717, 1.165) is 30.8 Å². The van der Waals surface area contributed by atoms with E-state index >= 15 is 0 Å². The largest absolute Gasteiger partial charge is 0.366 e. The third-order valence-corrected chi connectivity index (χ3v) is 5.77. The van der Waals surface area contributed by atoms with Gasteiger partial charge in [0.1, 0.15) is 11.5 Å². The molecule has 4 rings (SSSR count). The summed E-state index contributed by atoms with van der Waals surface area (Å²) in [5, 5.41) is 1.90. The molecule has 0 bridgehead atoms. The average Bonchev–Trinajstić information content (AvgIpc) is 3.22. The van der Waals surface area contributed by atoms with E-state index in [1.165, 1.54) is 40.5 Å². The third kappa shape index (κ3) is 2.84. The normalized spacial score (nSPS) is 21.1. The monoisotopic (exact) mass is 370 g/mol. The van der Waals surface area contributed by atoms with Gasteiger partial charge in [-0.05, 0) is 54.5 Å². The van der Waals surface area contributed by atoms with Crippen LogP contribution >= 0.6 is 11.3 Å². The van der Waals surface area contributed by atoms with Crippen LogP contribution in [0.1, 0.15) is 24.6 Å². The molecule has 26 heavy (non-hydrogen) atoms. The number of likely N-dealkylation sites (tertiary alicyclic amines) is 1. The van der Waals surface area contributed by atoms with Crippen LogP contribution in [0.2, 0.25) is 0 Å². The summed E-state index contributed by atoms with van der Waals surface area (Å²) in [6.07, 6.45) is 2.13. The molecule has 3 heterocycles. The summed E-state index contributed by atoms with van der Waals surface area (Å²) in [6, 6.07) is 9.22. The Kier molecular flexibility index (Phi) is 4.36. The van der Waals surface area contributed by atoms with Crippen molar-refractivity contribution in [1.29, 1.82) is 0 Å². The van der Waals surface area contributed by atoms with Crippen LogP contribution in [0, 0.1) is 11.7 Å². The van der Waals surface area contributed by atoms with E-state index < -0.39 is 5.82 Å². The number of nitrogens with zero attached hydrogens (tertiary/aromatic N) is 2. The Bertz CT molecular complexity index is 874. The van der Waals surface area contributed by atoms with Gasteiger partial charge in [0, 0.05) is 18.0 Å². The Morgan fingerprint density at radius 2 is 1.88 bits per heavy atom. The minimum absolute atomic E-state index is 0.320. The molecule has 2 aliphatic heterocycles. The van der Waals surface area contributed by atoms with E-state index in [4.69, 9.17) is 0 Å². The smallest absolute Gasteiger partial charge is 0.282 e. The summed E-state index contributed by atoms with van der Waals surface area (Å²) in [4.78, 5) is 30.4. The maximum Gasteiger partial charge on any atom is 0.282 e. The molecule has 1 unspecified atom stereocenters. The van der Waals surface area contributed by atoms with E-state index in [-0.39, 0.29) is 11.8 Å². The fourth-order valence-corrected chi connectivity index (χ4v) is 4.43. The van der Waals surface area contributed by atoms with Crippen molar-refractivity contribution in [3.8, 4) is 0 Å². The fraction of sp³-hybridized carbons (Fsp3) is 0.300. The second kappa shape index (κ2) is 6.68. The topological polar surface area (TPSA) is 40.6 Å². The first-order valence-corrected chi connectivity index (χ1v) is 9.61. The first-order valence-electron chi connectivity index (χ1n) is 8.73. The highest BCUT2D eigenvalue weighted by molar-refractivity contribution is 7.11. The molecule has 6 heteroatoms. The van der Waals surface area contributed by atoms with E-state index in [0.29, 0.717) is 22.9 Å². The molecular weight excluding hydrogens is 351 g/mol. The summed E-state index contributed by atoms with van der Waals surface area (Å²) in [5.74, 6) is -0.579. The van der Waals surface area contributed by atoms with Crippen LogP contribution in [0.25, 0.3) is 5.57 Å². The van der Waals surface area contributed by atoms with Crippen LogP contribution in [-0.4, -0.2) is 29.8 Å². The Balaban J connectivity index is 1.79. The predicted molar refractivity (Wildman–Crippen MR) is 100 cm³/mol. The third-order valence-electron chi connectivity index (χ3n) is 4.89. The van der Waals surface area contributed by atoms with Crippen molar-refractivity contribution in [3.63, 3.8) is 0 Å². The van der Waals surface area contributed by atoms with Gasteiger partial charge in [0.2, 0.25) is 0 Å². The highest BCUT2D eigenvalue weighted by Gasteiger charge is 2.43. The number of thiophene rings is 1. The van der Waals surface area contributed by atoms with E-state index in [9.17, 15) is 14.0 Å². The summed E-state index contributed by atoms with van der Waals surface area (Å²) in [7, 11) is 0. The quantitative estimate of drug-likeness (QED) is 0.770. The summed E-state index contributed by atoms with van der Waals surface area (Å²) in [5.41, 5.74) is 1.34. The Labute approximate surface area is 155 Å². The van der Waals surface area contributed by atoms with Crippen molar-refractivity contribution in [2.24, 2.45) is 5.92 Å². The fourth-order valence-electron chi connectivity index (χ4n) is 3.67. The molecular formula is C20H19FN2O2S. The first-order chi connectivity index (χ1) is 12.6. The predicted octanol–water partition coefficient (Wildman–Crippen LogP) is 3.90. The van der Waals surface area contributed by atoms with Gasteiger partial charge in [-0.25, -0.2) is 9.29 Å². The molecule has 1 atom stereocenters. The van der Waals surface area contributed by atoms with Gasteiger partial charge in [-0.15, -0.1) is 11.3 Å². The number of halogens is 1. The van der Waals surface area contributed by atoms with Gasteiger partial charge in [0.25, 0.3) is 11.8 Å². The average molecular weight is 370 g/mol. The van der Waals surface area contributed by atoms with Crippen molar-refractivity contribution in [2.75, 3.05) is 18.0 Å². The number of carbonyl (C=O) groups excluding carboxylic acids is 2. The number of carbonyl (C=O) groups is 2. The number of piperidine rings is 1. The maximum atomic E-state index is 13.3. The van der Waals surface area contributed by atoms with Gasteiger partial charge in [-0.2, -0.15) is 0 Å². The minimum atomic E-state index is -0.399. The lowest BCUT2D eigenvalue weighted by Gasteiger charge is -2.33. The van der Waals surface area contributed by atoms with Crippen molar-refractivity contribution in [1.82, 2.24) is 4.90 Å². The maximum absolute atomic E-state index is 13.3. The number of benzene rings is 1. The Morgan fingerprint density at radius 3 is 2.54 bits per heavy atom. The van der Waals surface area contributed by atoms with Crippen molar-refractivity contribution in [3.05, 3.63) is 58.2 Å². The molecule has 2 aromatic rings. The number of amides is 2. The van der Waals surface area contributed by atoms with Crippen molar-refractivity contribution >= 4 is 34.4 Å². The molecule has 2 aliphatic rings. The van der Waals surface area contributed by atoms with E-state index in [2.05, 4.69) is 6.92 Å². The zero-order valence-electron chi connectivity index (χ0n) is 14.4. The van der Waals surface area contributed by atoms with Gasteiger partial charge in [-0.1, -0.05) is 13.0 Å². The molecule has 0 saturated carbocycles. The Morgan fingerprint density at radius 1 is 1.12 bits per heavy atom. The lowest BCUT2D eigenvalue weighted by molar-refractivity contribution is -0.120. The molecule has 1 saturated heterocycles. The first kappa shape index (κ1) is 17.0. The van der Waals surface area contributed by atoms with Crippen molar-refractivity contribution in [2.45, 2.75) is 19.8 Å². The standard InChI is InChI=1S/C20H19FN2O2S/c1-13-4-2-10-22(12-13)18-17(16-5-3-11-26-16)19(24)23(20(18)25)15-8-6-14(21)7-9-15/h3,5-9,11,13H,2,4,10,12H2,1H3. The summed E-state index contributed by atoms with van der Waals surface area (Å²) < 4.78 is 13.3. The highest BCUT2D eigenvalue weighted by Crippen LogP contribution is 2.37. The lowest BCUT2D eigenvalue weighted by Crippen LogP contribution is -2.39. The molecule has 0 N–H and O–H groups in total. The minimum Gasteiger partial charge on any atom is -0.366 e. The lowest BCUT2D eigenvalue weighted by atomic mass is 9.99. The zero-order valence-corrected chi connectivity index (χ0v) is 15.3. The van der Waals surface area contributed by atoms with E-state index in [1.54, 1.807) is 0 Å². The van der Waals surface area contributed by atoms with Gasteiger partial charge >= 0.3 is 0 Å². The SMILES string of the molecule is CC1CCCN(C2=C(c3cccs3)C(=O)N(c3ccc(F)cc3)C2=O)C1. The number of hydrogen-bond donors (Lipinski definition) is 0. The van der Waals surface area contributed by atoms with E-state index in [1.807, 2.05) is 22.4 Å². The number of anilines is 1. The Hall–Kier alpha value is -2.47. The van der Waals surface area contributed by atoms with Gasteiger partial charge < -0.3 is 4.90 Å². The summed E-state index contributed by atoms with van der Waals surface area (Å²) >= 11 is 1.45. The van der Waals surface area contributed by atoms with Gasteiger partial charge in [0.15, 0.2) is 0 Å². The summed E-state index contributed by atoms with van der Waals surface area (Å²) in [6.45, 7) is 3.70. The van der Waals surface area contributed by atoms with Crippen LogP contribution in [0.5, 0.6) is 0 Å². The molecule has 1 aromatic carbocycles. The zero-order chi connectivity index (χ0) is 18.3. The molecule has 0 aliphatic carbocycles.